The van der Waals surface area contributed by atoms with Crippen molar-refractivity contribution in [1.82, 2.24) is 4.90 Å². The van der Waals surface area contributed by atoms with E-state index in [-0.39, 0.29) is 0 Å². The molecule has 1 heteroatoms. The fourth-order valence-electron chi connectivity index (χ4n) is 4.02. The van der Waals surface area contributed by atoms with Crippen LogP contribution in [-0.4, -0.2) is 24.0 Å². The summed E-state index contributed by atoms with van der Waals surface area (Å²) in [5.41, 5.74) is 0. The van der Waals surface area contributed by atoms with Crippen molar-refractivity contribution in [2.45, 2.75) is 85.6 Å². The third-order valence-corrected chi connectivity index (χ3v) is 5.27. The summed E-state index contributed by atoms with van der Waals surface area (Å²) in [5.74, 6) is 2.92. The summed E-state index contributed by atoms with van der Waals surface area (Å²) in [5, 5.41) is 0. The first-order valence-electron chi connectivity index (χ1n) is 8.87. The molecular weight excluding hydrogens is 230 g/mol. The summed E-state index contributed by atoms with van der Waals surface area (Å²) < 4.78 is 0. The van der Waals surface area contributed by atoms with Crippen LogP contribution in [0.5, 0.6) is 0 Å². The Morgan fingerprint density at radius 3 is 2.26 bits per heavy atom. The van der Waals surface area contributed by atoms with Crippen molar-refractivity contribution in [3.8, 4) is 0 Å². The summed E-state index contributed by atoms with van der Waals surface area (Å²) in [6, 6.07) is 0.724. The van der Waals surface area contributed by atoms with Gasteiger partial charge in [-0.25, -0.2) is 0 Å². The number of nitrogens with zero attached hydrogens (tertiary/aromatic N) is 1. The van der Waals surface area contributed by atoms with E-state index in [0.29, 0.717) is 0 Å². The Morgan fingerprint density at radius 1 is 1.00 bits per heavy atom. The highest BCUT2D eigenvalue weighted by Crippen LogP contribution is 2.37. The minimum Gasteiger partial charge on any atom is -0.301 e. The highest BCUT2D eigenvalue weighted by Gasteiger charge is 2.32. The Kier molecular flexibility index (Phi) is 8.06. The van der Waals surface area contributed by atoms with Gasteiger partial charge in [-0.2, -0.15) is 0 Å². The van der Waals surface area contributed by atoms with Gasteiger partial charge in [-0.1, -0.05) is 46.5 Å². The number of likely N-dealkylation sites (tertiary alicyclic amines) is 1. The van der Waals surface area contributed by atoms with Gasteiger partial charge in [0, 0.05) is 12.6 Å². The SMILES string of the molecule is CCCCC1C(CC)CCN(C(C)C)CC1CCC. The smallest absolute Gasteiger partial charge is 0.00387 e. The monoisotopic (exact) mass is 267 g/mol. The van der Waals surface area contributed by atoms with Gasteiger partial charge >= 0.3 is 0 Å². The Morgan fingerprint density at radius 2 is 1.74 bits per heavy atom. The van der Waals surface area contributed by atoms with Crippen LogP contribution < -0.4 is 0 Å². The van der Waals surface area contributed by atoms with Crippen LogP contribution in [0.1, 0.15) is 79.6 Å². The first-order chi connectivity index (χ1) is 9.13. The van der Waals surface area contributed by atoms with Crippen molar-refractivity contribution in [2.75, 3.05) is 13.1 Å². The van der Waals surface area contributed by atoms with Gasteiger partial charge in [0.05, 0.1) is 0 Å². The molecule has 3 unspecified atom stereocenters. The minimum atomic E-state index is 0.724. The Labute approximate surface area is 122 Å². The van der Waals surface area contributed by atoms with E-state index < -0.39 is 0 Å². The molecule has 0 radical (unpaired) electrons. The lowest BCUT2D eigenvalue weighted by molar-refractivity contribution is 0.162. The van der Waals surface area contributed by atoms with Gasteiger partial charge in [-0.3, -0.25) is 0 Å². The van der Waals surface area contributed by atoms with E-state index in [4.69, 9.17) is 0 Å². The largest absolute Gasteiger partial charge is 0.301 e. The molecule has 0 spiro atoms. The van der Waals surface area contributed by atoms with Crippen molar-refractivity contribution < 1.29 is 0 Å². The Hall–Kier alpha value is -0.0400. The van der Waals surface area contributed by atoms with Gasteiger partial charge in [-0.15, -0.1) is 0 Å². The predicted molar refractivity (Wildman–Crippen MR) is 86.5 cm³/mol. The molecule has 0 bridgehead atoms. The third kappa shape index (κ3) is 5.10. The zero-order valence-corrected chi connectivity index (χ0v) is 14.1. The highest BCUT2D eigenvalue weighted by atomic mass is 15.1. The van der Waals surface area contributed by atoms with Crippen molar-refractivity contribution in [1.29, 1.82) is 0 Å². The number of hydrogen-bond donors (Lipinski definition) is 0. The predicted octanol–water partition coefficient (Wildman–Crippen LogP) is 5.35. The van der Waals surface area contributed by atoms with Crippen LogP contribution in [0.25, 0.3) is 0 Å². The molecule has 1 nitrogen and oxygen atoms in total. The molecule has 114 valence electrons. The second-order valence-corrected chi connectivity index (χ2v) is 6.90. The van der Waals surface area contributed by atoms with Crippen LogP contribution in [0, 0.1) is 17.8 Å². The minimum absolute atomic E-state index is 0.724. The lowest BCUT2D eigenvalue weighted by Gasteiger charge is -2.33. The summed E-state index contributed by atoms with van der Waals surface area (Å²) in [7, 11) is 0. The van der Waals surface area contributed by atoms with E-state index in [9.17, 15) is 0 Å². The van der Waals surface area contributed by atoms with E-state index in [1.807, 2.05) is 0 Å². The Balaban J connectivity index is 2.78. The highest BCUT2D eigenvalue weighted by molar-refractivity contribution is 4.84. The molecular formula is C18H37N. The second-order valence-electron chi connectivity index (χ2n) is 6.90. The lowest BCUT2D eigenvalue weighted by Crippen LogP contribution is -2.35. The van der Waals surface area contributed by atoms with Gasteiger partial charge in [0.1, 0.15) is 0 Å². The molecule has 0 aromatic carbocycles. The molecule has 1 aliphatic rings. The first kappa shape index (κ1) is 17.0. The summed E-state index contributed by atoms with van der Waals surface area (Å²) in [6.45, 7) is 14.6. The quantitative estimate of drug-likeness (QED) is 0.601. The maximum absolute atomic E-state index is 2.74. The van der Waals surface area contributed by atoms with Crippen LogP contribution in [-0.2, 0) is 0 Å². The van der Waals surface area contributed by atoms with Gasteiger partial charge in [-0.05, 0) is 57.4 Å². The molecule has 0 N–H and O–H groups in total. The van der Waals surface area contributed by atoms with Crippen molar-refractivity contribution in [3.05, 3.63) is 0 Å². The van der Waals surface area contributed by atoms with Crippen LogP contribution in [0.3, 0.4) is 0 Å². The molecule has 0 saturated carbocycles. The van der Waals surface area contributed by atoms with Crippen molar-refractivity contribution >= 4 is 0 Å². The van der Waals surface area contributed by atoms with E-state index in [2.05, 4.69) is 39.5 Å². The van der Waals surface area contributed by atoms with Gasteiger partial charge in [0.2, 0.25) is 0 Å². The molecule has 19 heavy (non-hydrogen) atoms. The average Bonchev–Trinajstić information content (AvgIpc) is 2.56. The molecule has 0 aromatic rings. The first-order valence-corrected chi connectivity index (χ1v) is 8.87. The van der Waals surface area contributed by atoms with Crippen LogP contribution in [0.4, 0.5) is 0 Å². The molecule has 1 saturated heterocycles. The fourth-order valence-corrected chi connectivity index (χ4v) is 4.02. The van der Waals surface area contributed by atoms with E-state index >= 15 is 0 Å². The van der Waals surface area contributed by atoms with E-state index in [1.54, 1.807) is 0 Å². The molecule has 1 aliphatic heterocycles. The molecule has 1 fully saturated rings. The van der Waals surface area contributed by atoms with Gasteiger partial charge in [0.15, 0.2) is 0 Å². The number of rotatable bonds is 7. The average molecular weight is 268 g/mol. The van der Waals surface area contributed by atoms with Crippen LogP contribution in [0.2, 0.25) is 0 Å². The van der Waals surface area contributed by atoms with Gasteiger partial charge < -0.3 is 4.90 Å². The zero-order chi connectivity index (χ0) is 14.3. The molecule has 1 rings (SSSR count). The standard InChI is InChI=1S/C18H37N/c1-6-9-11-18-16(8-3)12-13-19(15(4)5)14-17(18)10-7-2/h15-18H,6-14H2,1-5H3. The zero-order valence-electron chi connectivity index (χ0n) is 14.1. The molecule has 0 aliphatic carbocycles. The Bertz CT molecular complexity index is 224. The molecule has 1 heterocycles. The molecule has 3 atom stereocenters. The molecule has 0 aromatic heterocycles. The van der Waals surface area contributed by atoms with Crippen molar-refractivity contribution in [3.63, 3.8) is 0 Å². The van der Waals surface area contributed by atoms with Crippen LogP contribution >= 0.6 is 0 Å². The normalized spacial score (nSPS) is 29.7. The maximum atomic E-state index is 2.74. The fraction of sp³-hybridized carbons (Fsp3) is 1.00. The number of unbranched alkanes of at least 4 members (excludes halogenated alkanes) is 1. The van der Waals surface area contributed by atoms with E-state index in [1.165, 1.54) is 58.0 Å². The summed E-state index contributed by atoms with van der Waals surface area (Å²) >= 11 is 0. The van der Waals surface area contributed by atoms with E-state index in [0.717, 1.165) is 23.8 Å². The topological polar surface area (TPSA) is 3.24 Å². The third-order valence-electron chi connectivity index (χ3n) is 5.27. The number of hydrogen-bond acceptors (Lipinski definition) is 1. The van der Waals surface area contributed by atoms with Crippen molar-refractivity contribution in [2.24, 2.45) is 17.8 Å². The second kappa shape index (κ2) is 9.00. The molecule has 0 amide bonds. The maximum Gasteiger partial charge on any atom is 0.00387 e. The summed E-state index contributed by atoms with van der Waals surface area (Å²) in [4.78, 5) is 2.74. The van der Waals surface area contributed by atoms with Gasteiger partial charge in [0.25, 0.3) is 0 Å². The summed E-state index contributed by atoms with van der Waals surface area (Å²) in [6.07, 6.45) is 9.89. The lowest BCUT2D eigenvalue weighted by atomic mass is 9.75. The van der Waals surface area contributed by atoms with Crippen LogP contribution in [0.15, 0.2) is 0 Å².